The highest BCUT2D eigenvalue weighted by Crippen LogP contribution is 2.53. The van der Waals surface area contributed by atoms with E-state index < -0.39 is 23.6 Å². The average Bonchev–Trinajstić information content (AvgIpc) is 3.20. The monoisotopic (exact) mass is 476 g/mol. The van der Waals surface area contributed by atoms with Crippen molar-refractivity contribution in [3.8, 4) is 0 Å². The van der Waals surface area contributed by atoms with Crippen molar-refractivity contribution in [2.24, 2.45) is 11.8 Å². The molecular weight excluding hydrogens is 446 g/mol. The van der Waals surface area contributed by atoms with Crippen molar-refractivity contribution in [2.45, 2.75) is 63.6 Å². The van der Waals surface area contributed by atoms with Crippen molar-refractivity contribution in [2.75, 3.05) is 0 Å². The van der Waals surface area contributed by atoms with Gasteiger partial charge in [-0.3, -0.25) is 4.90 Å². The molecule has 4 aliphatic rings. The van der Waals surface area contributed by atoms with E-state index in [0.717, 1.165) is 53.4 Å². The van der Waals surface area contributed by atoms with Crippen LogP contribution in [0.2, 0.25) is 0 Å². The Labute approximate surface area is 203 Å². The third kappa shape index (κ3) is 3.70. The first kappa shape index (κ1) is 22.5. The molecule has 0 spiro atoms. The van der Waals surface area contributed by atoms with Crippen LogP contribution >= 0.6 is 0 Å². The van der Waals surface area contributed by atoms with Crippen LogP contribution in [0.4, 0.5) is 8.78 Å². The molecule has 3 saturated carbocycles. The molecule has 2 aromatic carbocycles. The maximum atomic E-state index is 15.8. The first-order valence-corrected chi connectivity index (χ1v) is 12.7. The second-order valence-electron chi connectivity index (χ2n) is 10.5. The van der Waals surface area contributed by atoms with E-state index in [1.54, 1.807) is 0 Å². The molecule has 2 N–H and O–H groups in total. The summed E-state index contributed by atoms with van der Waals surface area (Å²) in [5, 5.41) is 10.1. The summed E-state index contributed by atoms with van der Waals surface area (Å²) in [6.45, 7) is 2.17. The molecule has 3 atom stereocenters. The Morgan fingerprint density at radius 2 is 1.91 bits per heavy atom. The van der Waals surface area contributed by atoms with Crippen LogP contribution in [0, 0.1) is 23.5 Å². The first-order valence-electron chi connectivity index (χ1n) is 12.7. The largest absolute Gasteiger partial charge is 0.478 e. The molecule has 0 saturated heterocycles. The Morgan fingerprint density at radius 3 is 2.57 bits per heavy atom. The number of H-pyrrole nitrogens is 1. The lowest BCUT2D eigenvalue weighted by Crippen LogP contribution is -2.57. The van der Waals surface area contributed by atoms with E-state index >= 15 is 8.78 Å². The zero-order valence-corrected chi connectivity index (χ0v) is 19.8. The number of aliphatic carboxylic acids is 1. The number of hydrogen-bond acceptors (Lipinski definition) is 2. The van der Waals surface area contributed by atoms with Gasteiger partial charge in [0.1, 0.15) is 11.6 Å². The molecule has 1 aromatic heterocycles. The zero-order valence-electron chi connectivity index (χ0n) is 19.8. The minimum Gasteiger partial charge on any atom is -0.478 e. The quantitative estimate of drug-likeness (QED) is 0.416. The molecule has 182 valence electrons. The number of para-hydroxylation sites is 1. The molecule has 1 aliphatic heterocycles. The third-order valence-corrected chi connectivity index (χ3v) is 8.61. The molecule has 3 fully saturated rings. The summed E-state index contributed by atoms with van der Waals surface area (Å²) in [6, 6.07) is 10.6. The van der Waals surface area contributed by atoms with Gasteiger partial charge in [-0.15, -0.1) is 0 Å². The number of benzene rings is 2. The number of carboxylic acids is 1. The molecule has 35 heavy (non-hydrogen) atoms. The molecule has 4 nitrogen and oxygen atoms in total. The number of rotatable bonds is 5. The topological polar surface area (TPSA) is 56.3 Å². The highest BCUT2D eigenvalue weighted by atomic mass is 19.1. The molecule has 6 heteroatoms. The Kier molecular flexibility index (Phi) is 5.52. The van der Waals surface area contributed by atoms with Gasteiger partial charge in [0.2, 0.25) is 0 Å². The Morgan fingerprint density at radius 1 is 1.17 bits per heavy atom. The van der Waals surface area contributed by atoms with Crippen molar-refractivity contribution in [3.63, 3.8) is 0 Å². The van der Waals surface area contributed by atoms with E-state index in [2.05, 4.69) is 22.9 Å². The normalized spacial score (nSPS) is 28.3. The van der Waals surface area contributed by atoms with E-state index in [0.29, 0.717) is 12.0 Å². The van der Waals surface area contributed by atoms with Gasteiger partial charge < -0.3 is 10.1 Å². The number of carboxylic acid groups (broad SMARTS) is 1. The number of halogens is 2. The summed E-state index contributed by atoms with van der Waals surface area (Å²) in [5.41, 5.74) is 3.31. The Balaban J connectivity index is 1.54. The number of aromatic amines is 1. The van der Waals surface area contributed by atoms with Gasteiger partial charge in [-0.1, -0.05) is 25.1 Å². The van der Waals surface area contributed by atoms with E-state index in [9.17, 15) is 4.79 Å². The zero-order chi connectivity index (χ0) is 24.3. The van der Waals surface area contributed by atoms with Gasteiger partial charge in [0.15, 0.2) is 0 Å². The minimum atomic E-state index is -1.15. The standard InChI is InChI=1S/C29H30F2N2O2/c1-2-19-15-21-20-5-3-4-6-24(20)32-28(21)29(33(19)25-9-7-16-11-18(25)12-16)27-22(30)13-17(14-23(27)31)8-10-26(34)35/h3-6,8,10,13-14,16,18-19,25,29,32H,2,7,9,11-12,15H2,1H3,(H,34,35)/b10-8+/t16?,18?,19?,25-,29?/m1/s1. The number of hydrogen-bond donors (Lipinski definition) is 2. The number of carbonyl (C=O) groups is 1. The van der Waals surface area contributed by atoms with Gasteiger partial charge in [-0.2, -0.15) is 0 Å². The summed E-state index contributed by atoms with van der Waals surface area (Å²) in [7, 11) is 0. The second-order valence-corrected chi connectivity index (χ2v) is 10.5. The summed E-state index contributed by atoms with van der Waals surface area (Å²) < 4.78 is 31.6. The average molecular weight is 477 g/mol. The van der Waals surface area contributed by atoms with Crippen molar-refractivity contribution in [1.29, 1.82) is 0 Å². The fourth-order valence-electron chi connectivity index (χ4n) is 6.99. The van der Waals surface area contributed by atoms with E-state index in [1.165, 1.54) is 37.5 Å². The molecule has 7 rings (SSSR count). The van der Waals surface area contributed by atoms with Crippen molar-refractivity contribution in [1.82, 2.24) is 9.88 Å². The number of aromatic nitrogens is 1. The fraction of sp³-hybridized carbons (Fsp3) is 0.414. The smallest absolute Gasteiger partial charge is 0.328 e. The van der Waals surface area contributed by atoms with Gasteiger partial charge in [-0.25, -0.2) is 13.6 Å². The minimum absolute atomic E-state index is 0.0601. The number of nitrogens with zero attached hydrogens (tertiary/aromatic N) is 1. The van der Waals surface area contributed by atoms with Crippen molar-refractivity contribution >= 4 is 22.9 Å². The van der Waals surface area contributed by atoms with E-state index in [4.69, 9.17) is 5.11 Å². The van der Waals surface area contributed by atoms with Crippen molar-refractivity contribution < 1.29 is 18.7 Å². The van der Waals surface area contributed by atoms with Gasteiger partial charge >= 0.3 is 5.97 Å². The Bertz CT molecular complexity index is 1300. The van der Waals surface area contributed by atoms with Gasteiger partial charge in [0.05, 0.1) is 6.04 Å². The Hall–Kier alpha value is -2.99. The molecule has 0 radical (unpaired) electrons. The van der Waals surface area contributed by atoms with Crippen LogP contribution in [-0.2, 0) is 11.2 Å². The predicted octanol–water partition coefficient (Wildman–Crippen LogP) is 6.46. The number of fused-ring (bicyclic) bond motifs is 5. The van der Waals surface area contributed by atoms with Crippen molar-refractivity contribution in [3.05, 3.63) is 76.5 Å². The lowest BCUT2D eigenvalue weighted by atomic mass is 9.61. The van der Waals surface area contributed by atoms with Crippen LogP contribution in [0.1, 0.15) is 67.5 Å². The second kappa shape index (κ2) is 8.59. The molecule has 2 unspecified atom stereocenters. The SMILES string of the molecule is CCC1Cc2c([nH]c3ccccc23)C(c2c(F)cc(/C=C/C(=O)O)cc2F)N1[C@@H]1CCC2CC1C2. The molecular formula is C29H30F2N2O2. The predicted molar refractivity (Wildman–Crippen MR) is 132 cm³/mol. The number of nitrogens with one attached hydrogen (secondary N) is 1. The van der Waals surface area contributed by atoms with Crippen LogP contribution in [0.15, 0.2) is 42.5 Å². The summed E-state index contributed by atoms with van der Waals surface area (Å²) in [5.74, 6) is -1.02. The molecule has 3 aliphatic carbocycles. The van der Waals surface area contributed by atoms with Crippen LogP contribution < -0.4 is 0 Å². The third-order valence-electron chi connectivity index (χ3n) is 8.61. The van der Waals surface area contributed by atoms with Gasteiger partial charge in [-0.05, 0) is 85.8 Å². The van der Waals surface area contributed by atoms with Crippen LogP contribution in [0.3, 0.4) is 0 Å². The molecule has 0 amide bonds. The highest BCUT2D eigenvalue weighted by molar-refractivity contribution is 5.86. The van der Waals surface area contributed by atoms with E-state index in [-0.39, 0.29) is 17.2 Å². The van der Waals surface area contributed by atoms with Gasteiger partial charge in [0, 0.05) is 40.3 Å². The molecule has 3 aromatic rings. The lowest BCUT2D eigenvalue weighted by molar-refractivity contribution is -0.131. The van der Waals surface area contributed by atoms with E-state index in [1.807, 2.05) is 18.2 Å². The lowest BCUT2D eigenvalue weighted by Gasteiger charge is -2.56. The maximum Gasteiger partial charge on any atom is 0.328 e. The van der Waals surface area contributed by atoms with Crippen LogP contribution in [0.5, 0.6) is 0 Å². The summed E-state index contributed by atoms with van der Waals surface area (Å²) in [6.07, 6.45) is 8.59. The van der Waals surface area contributed by atoms with Crippen LogP contribution in [-0.4, -0.2) is 33.0 Å². The first-order chi connectivity index (χ1) is 16.9. The maximum absolute atomic E-state index is 15.8. The fourth-order valence-corrected chi connectivity index (χ4v) is 6.99. The van der Waals surface area contributed by atoms with Crippen LogP contribution in [0.25, 0.3) is 17.0 Å². The van der Waals surface area contributed by atoms with Gasteiger partial charge in [0.25, 0.3) is 0 Å². The highest BCUT2D eigenvalue weighted by Gasteiger charge is 2.49. The summed E-state index contributed by atoms with van der Waals surface area (Å²) >= 11 is 0. The summed E-state index contributed by atoms with van der Waals surface area (Å²) in [4.78, 5) is 16.9. The molecule has 2 bridgehead atoms. The molecule has 2 heterocycles.